The van der Waals surface area contributed by atoms with Crippen molar-refractivity contribution in [2.75, 3.05) is 13.1 Å². The van der Waals surface area contributed by atoms with Crippen LogP contribution >= 0.6 is 0 Å². The number of ketones is 1. The predicted octanol–water partition coefficient (Wildman–Crippen LogP) is 3.88. The lowest BCUT2D eigenvalue weighted by atomic mass is 9.72. The molecule has 0 N–H and O–H groups in total. The topological polar surface area (TPSA) is 54.5 Å². The molecule has 140 valence electrons. The molecule has 0 radical (unpaired) electrons. The summed E-state index contributed by atoms with van der Waals surface area (Å²) in [5.74, 6) is 0.315. The molecule has 1 aromatic rings. The van der Waals surface area contributed by atoms with Gasteiger partial charge in [0.25, 0.3) is 0 Å². The van der Waals surface area contributed by atoms with Gasteiger partial charge in [0.1, 0.15) is 0 Å². The van der Waals surface area contributed by atoms with Crippen LogP contribution in [0.2, 0.25) is 0 Å². The molecule has 2 fully saturated rings. The van der Waals surface area contributed by atoms with Gasteiger partial charge < -0.3 is 0 Å². The minimum atomic E-state index is -3.53. The van der Waals surface area contributed by atoms with Crippen molar-refractivity contribution in [1.29, 1.82) is 0 Å². The van der Waals surface area contributed by atoms with Gasteiger partial charge >= 0.3 is 0 Å². The molecule has 5 heteroatoms. The number of hydrogen-bond donors (Lipinski definition) is 0. The third-order valence-electron chi connectivity index (χ3n) is 5.47. The summed E-state index contributed by atoms with van der Waals surface area (Å²) in [6.45, 7) is 10.8. The van der Waals surface area contributed by atoms with Crippen LogP contribution in [-0.2, 0) is 14.8 Å². The van der Waals surface area contributed by atoms with Crippen molar-refractivity contribution in [3.05, 3.63) is 52.1 Å². The largest absolute Gasteiger partial charge is 0.294 e. The number of hydrogen-bond acceptors (Lipinski definition) is 3. The van der Waals surface area contributed by atoms with E-state index in [1.54, 1.807) is 16.4 Å². The molecule has 3 rings (SSSR count). The second-order valence-electron chi connectivity index (χ2n) is 7.92. The van der Waals surface area contributed by atoms with Crippen LogP contribution in [0.1, 0.15) is 39.7 Å². The first kappa shape index (κ1) is 19.1. The van der Waals surface area contributed by atoms with Crippen molar-refractivity contribution in [3.63, 3.8) is 0 Å². The highest BCUT2D eigenvalue weighted by Crippen LogP contribution is 2.44. The van der Waals surface area contributed by atoms with Crippen LogP contribution in [0.25, 0.3) is 0 Å². The zero-order valence-corrected chi connectivity index (χ0v) is 17.0. The maximum Gasteiger partial charge on any atom is 0.243 e. The van der Waals surface area contributed by atoms with E-state index >= 15 is 0 Å². The Balaban J connectivity index is 1.98. The highest BCUT2D eigenvalue weighted by molar-refractivity contribution is 7.89. The van der Waals surface area contributed by atoms with Gasteiger partial charge in [-0.15, -0.1) is 0 Å². The highest BCUT2D eigenvalue weighted by Gasteiger charge is 2.46. The second-order valence-corrected chi connectivity index (χ2v) is 9.86. The van der Waals surface area contributed by atoms with Crippen LogP contribution in [0.3, 0.4) is 0 Å². The maximum atomic E-state index is 13.1. The second kappa shape index (κ2) is 6.78. The summed E-state index contributed by atoms with van der Waals surface area (Å²) >= 11 is 0. The Morgan fingerprint density at radius 2 is 1.62 bits per heavy atom. The van der Waals surface area contributed by atoms with Crippen molar-refractivity contribution < 1.29 is 13.2 Å². The summed E-state index contributed by atoms with van der Waals surface area (Å²) in [6.07, 6.45) is 0.432. The number of fused-ring (bicyclic) bond motifs is 1. The Hall–Kier alpha value is -1.72. The van der Waals surface area contributed by atoms with Crippen LogP contribution in [0, 0.1) is 18.8 Å². The Morgan fingerprint density at radius 1 is 1.00 bits per heavy atom. The van der Waals surface area contributed by atoms with Gasteiger partial charge in [0, 0.05) is 31.0 Å². The number of benzene rings is 1. The standard InChI is InChI=1S/C21H27NO3S/c1-13(2)20-18-12-22(11-16(18)10-19(23)21(20)14(3)4)26(24,25)17-8-6-15(5)7-9-17/h6-9,16,18H,10-12H2,1-5H3/t16-,18+/m0/s1. The van der Waals surface area contributed by atoms with Gasteiger partial charge in [0.2, 0.25) is 10.0 Å². The first-order chi connectivity index (χ1) is 12.1. The average molecular weight is 374 g/mol. The van der Waals surface area contributed by atoms with Crippen molar-refractivity contribution >= 4 is 15.8 Å². The van der Waals surface area contributed by atoms with Crippen molar-refractivity contribution in [3.8, 4) is 0 Å². The lowest BCUT2D eigenvalue weighted by molar-refractivity contribution is -0.117. The van der Waals surface area contributed by atoms with E-state index in [1.165, 1.54) is 0 Å². The third-order valence-corrected chi connectivity index (χ3v) is 7.32. The molecule has 0 unspecified atom stereocenters. The minimum absolute atomic E-state index is 0.0655. The third kappa shape index (κ3) is 3.19. The lowest BCUT2D eigenvalue weighted by Crippen LogP contribution is -2.29. The van der Waals surface area contributed by atoms with Crippen molar-refractivity contribution in [1.82, 2.24) is 4.31 Å². The number of Topliss-reactive ketones (excluding diaryl/α,β-unsaturated/α-hetero) is 1. The Kier molecular flexibility index (Phi) is 4.97. The maximum absolute atomic E-state index is 13.1. The first-order valence-corrected chi connectivity index (χ1v) is 10.5. The Morgan fingerprint density at radius 3 is 2.15 bits per heavy atom. The molecule has 0 spiro atoms. The van der Waals surface area contributed by atoms with Gasteiger partial charge in [-0.25, -0.2) is 8.42 Å². The summed E-state index contributed by atoms with van der Waals surface area (Å²) in [5.41, 5.74) is 5.04. The van der Waals surface area contributed by atoms with Crippen LogP contribution in [-0.4, -0.2) is 31.6 Å². The van der Waals surface area contributed by atoms with E-state index < -0.39 is 10.0 Å². The molecule has 1 aliphatic carbocycles. The number of sulfonamides is 1. The highest BCUT2D eigenvalue weighted by atomic mass is 32.2. The average Bonchev–Trinajstić information content (AvgIpc) is 2.97. The molecule has 4 nitrogen and oxygen atoms in total. The number of carbonyl (C=O) groups excluding carboxylic acids is 1. The molecule has 0 aromatic heterocycles. The minimum Gasteiger partial charge on any atom is -0.294 e. The van der Waals surface area contributed by atoms with E-state index in [-0.39, 0.29) is 17.6 Å². The molecule has 1 aromatic carbocycles. The normalized spacial score (nSPS) is 24.0. The number of nitrogens with zero attached hydrogens (tertiary/aromatic N) is 1. The van der Waals surface area contributed by atoms with E-state index in [0.29, 0.717) is 24.4 Å². The van der Waals surface area contributed by atoms with Gasteiger partial charge in [-0.05, 0) is 58.2 Å². The van der Waals surface area contributed by atoms with Crippen LogP contribution in [0.5, 0.6) is 0 Å². The quantitative estimate of drug-likeness (QED) is 0.739. The summed E-state index contributed by atoms with van der Waals surface area (Å²) < 4.78 is 27.7. The van der Waals surface area contributed by atoms with E-state index in [1.807, 2.05) is 46.8 Å². The van der Waals surface area contributed by atoms with Crippen LogP contribution < -0.4 is 0 Å². The molecule has 1 saturated carbocycles. The monoisotopic (exact) mass is 373 g/mol. The van der Waals surface area contributed by atoms with Gasteiger partial charge in [-0.3, -0.25) is 4.79 Å². The molecule has 2 atom stereocenters. The van der Waals surface area contributed by atoms with Crippen molar-refractivity contribution in [2.45, 2.75) is 45.9 Å². The van der Waals surface area contributed by atoms with Gasteiger partial charge in [-0.2, -0.15) is 4.31 Å². The molecule has 0 amide bonds. The fourth-order valence-electron chi connectivity index (χ4n) is 4.27. The molecule has 1 saturated heterocycles. The molecular weight excluding hydrogens is 346 g/mol. The molecular formula is C21H27NO3S. The lowest BCUT2D eigenvalue weighted by Gasteiger charge is -2.31. The molecule has 1 aliphatic heterocycles. The van der Waals surface area contributed by atoms with E-state index in [4.69, 9.17) is 0 Å². The summed E-state index contributed by atoms with van der Waals surface area (Å²) in [6, 6.07) is 6.98. The zero-order valence-electron chi connectivity index (χ0n) is 16.2. The fraction of sp³-hybridized carbons (Fsp3) is 0.476. The molecule has 26 heavy (non-hydrogen) atoms. The Labute approximate surface area is 156 Å². The number of carbonyl (C=O) groups is 1. The SMILES string of the molecule is CC(C)=C1C(=O)C[C@H]2CN(S(=O)(=O)c3ccc(C)cc3)C[C@H]2C1=C(C)C. The summed E-state index contributed by atoms with van der Waals surface area (Å²) in [7, 11) is -3.53. The fourth-order valence-corrected chi connectivity index (χ4v) is 5.79. The van der Waals surface area contributed by atoms with Gasteiger partial charge in [-0.1, -0.05) is 28.8 Å². The van der Waals surface area contributed by atoms with E-state index in [2.05, 4.69) is 0 Å². The Bertz CT molecular complexity index is 899. The summed E-state index contributed by atoms with van der Waals surface area (Å²) in [4.78, 5) is 13.0. The van der Waals surface area contributed by atoms with Gasteiger partial charge in [0.05, 0.1) is 4.90 Å². The molecule has 2 aliphatic rings. The zero-order chi connectivity index (χ0) is 19.2. The van der Waals surface area contributed by atoms with E-state index in [9.17, 15) is 13.2 Å². The van der Waals surface area contributed by atoms with Crippen LogP contribution in [0.15, 0.2) is 51.5 Å². The van der Waals surface area contributed by atoms with E-state index in [0.717, 1.165) is 27.9 Å². The first-order valence-electron chi connectivity index (χ1n) is 9.08. The molecule has 0 bridgehead atoms. The number of aryl methyl sites for hydroxylation is 1. The molecule has 1 heterocycles. The van der Waals surface area contributed by atoms with Crippen molar-refractivity contribution in [2.24, 2.45) is 11.8 Å². The number of allylic oxidation sites excluding steroid dienone is 3. The predicted molar refractivity (Wildman–Crippen MR) is 103 cm³/mol. The summed E-state index contributed by atoms with van der Waals surface area (Å²) in [5, 5.41) is 0. The van der Waals surface area contributed by atoms with Crippen LogP contribution in [0.4, 0.5) is 0 Å². The smallest absolute Gasteiger partial charge is 0.243 e. The number of rotatable bonds is 2. The van der Waals surface area contributed by atoms with Gasteiger partial charge in [0.15, 0.2) is 5.78 Å².